The molecule has 7 heteroatoms. The minimum Gasteiger partial charge on any atom is -0.481 e. The molecule has 0 aliphatic carbocycles. The molecule has 0 radical (unpaired) electrons. The van der Waals surface area contributed by atoms with Crippen molar-refractivity contribution in [1.29, 1.82) is 0 Å². The van der Waals surface area contributed by atoms with E-state index in [2.05, 4.69) is 0 Å². The molecule has 0 aromatic carbocycles. The molecule has 0 aromatic rings. The standard InChI is InChI=1S/C11H18N2O5/c1-6-4-13(5-7(6)11(17)18)10(16)8(12)2-3-9(14)15/h6-8H,2-5,12H2,1H3,(H,14,15)(H,17,18)/t6-,7-,8?/m1/s1. The lowest BCUT2D eigenvalue weighted by molar-refractivity contribution is -0.142. The van der Waals surface area contributed by atoms with Gasteiger partial charge >= 0.3 is 11.9 Å². The van der Waals surface area contributed by atoms with Gasteiger partial charge in [-0.2, -0.15) is 0 Å². The van der Waals surface area contributed by atoms with Gasteiger partial charge in [0.05, 0.1) is 12.0 Å². The van der Waals surface area contributed by atoms with Gasteiger partial charge in [0.15, 0.2) is 0 Å². The average Bonchev–Trinajstić information content (AvgIpc) is 2.67. The van der Waals surface area contributed by atoms with E-state index in [0.717, 1.165) is 0 Å². The molecule has 102 valence electrons. The molecule has 1 aliphatic rings. The summed E-state index contributed by atoms with van der Waals surface area (Å²) in [5.74, 6) is -2.97. The molecule has 3 atom stereocenters. The quantitative estimate of drug-likeness (QED) is 0.603. The largest absolute Gasteiger partial charge is 0.481 e. The third-order valence-electron chi connectivity index (χ3n) is 3.23. The molecule has 0 aromatic heterocycles. The Morgan fingerprint density at radius 2 is 1.94 bits per heavy atom. The van der Waals surface area contributed by atoms with Gasteiger partial charge in [-0.1, -0.05) is 6.92 Å². The molecule has 7 nitrogen and oxygen atoms in total. The average molecular weight is 258 g/mol. The second kappa shape index (κ2) is 5.81. The maximum absolute atomic E-state index is 11.9. The number of hydrogen-bond donors (Lipinski definition) is 3. The molecule has 4 N–H and O–H groups in total. The zero-order valence-electron chi connectivity index (χ0n) is 10.2. The van der Waals surface area contributed by atoms with Crippen LogP contribution in [0, 0.1) is 11.8 Å². The Morgan fingerprint density at radius 3 is 2.39 bits per heavy atom. The number of hydrogen-bond acceptors (Lipinski definition) is 4. The number of aliphatic carboxylic acids is 2. The number of nitrogens with zero attached hydrogens (tertiary/aromatic N) is 1. The summed E-state index contributed by atoms with van der Waals surface area (Å²) in [6.45, 7) is 2.28. The summed E-state index contributed by atoms with van der Waals surface area (Å²) in [5.41, 5.74) is 5.61. The maximum atomic E-state index is 11.9. The zero-order valence-corrected chi connectivity index (χ0v) is 10.2. The molecule has 1 rings (SSSR count). The van der Waals surface area contributed by atoms with Crippen LogP contribution in [-0.4, -0.2) is 52.1 Å². The van der Waals surface area contributed by atoms with Crippen LogP contribution in [0.1, 0.15) is 19.8 Å². The van der Waals surface area contributed by atoms with E-state index < -0.39 is 23.9 Å². The number of carboxylic acids is 2. The molecule has 0 saturated carbocycles. The van der Waals surface area contributed by atoms with Crippen molar-refractivity contribution in [2.45, 2.75) is 25.8 Å². The second-order valence-electron chi connectivity index (χ2n) is 4.70. The lowest BCUT2D eigenvalue weighted by Gasteiger charge is -2.20. The van der Waals surface area contributed by atoms with Crippen molar-refractivity contribution in [3.63, 3.8) is 0 Å². The number of carbonyl (C=O) groups is 3. The lowest BCUT2D eigenvalue weighted by atomic mass is 9.99. The highest BCUT2D eigenvalue weighted by atomic mass is 16.4. The number of likely N-dealkylation sites (tertiary alicyclic amines) is 1. The molecular formula is C11H18N2O5. The highest BCUT2D eigenvalue weighted by Crippen LogP contribution is 2.23. The summed E-state index contributed by atoms with van der Waals surface area (Å²) in [6.07, 6.45) is -0.102. The van der Waals surface area contributed by atoms with Gasteiger partial charge in [-0.25, -0.2) is 0 Å². The molecule has 1 amide bonds. The van der Waals surface area contributed by atoms with Gasteiger partial charge in [0, 0.05) is 19.5 Å². The minimum atomic E-state index is -1.00. The van der Waals surface area contributed by atoms with Crippen molar-refractivity contribution in [3.8, 4) is 0 Å². The Labute approximate surface area is 105 Å². The van der Waals surface area contributed by atoms with Crippen LogP contribution in [0.3, 0.4) is 0 Å². The third-order valence-corrected chi connectivity index (χ3v) is 3.23. The molecule has 1 heterocycles. The normalized spacial score (nSPS) is 24.9. The van der Waals surface area contributed by atoms with Gasteiger partial charge < -0.3 is 20.8 Å². The molecule has 0 bridgehead atoms. The molecule has 1 aliphatic heterocycles. The van der Waals surface area contributed by atoms with Crippen LogP contribution in [0.15, 0.2) is 0 Å². The number of rotatable bonds is 5. The van der Waals surface area contributed by atoms with E-state index in [9.17, 15) is 14.4 Å². The van der Waals surface area contributed by atoms with Gasteiger partial charge in [-0.3, -0.25) is 14.4 Å². The summed E-state index contributed by atoms with van der Waals surface area (Å²) in [7, 11) is 0. The van der Waals surface area contributed by atoms with E-state index in [-0.39, 0.29) is 31.2 Å². The van der Waals surface area contributed by atoms with Crippen LogP contribution in [0.2, 0.25) is 0 Å². The SMILES string of the molecule is C[C@@H]1CN(C(=O)C(N)CCC(=O)O)C[C@H]1C(=O)O. The van der Waals surface area contributed by atoms with Gasteiger partial charge in [0.1, 0.15) is 0 Å². The van der Waals surface area contributed by atoms with Crippen molar-refractivity contribution in [2.24, 2.45) is 17.6 Å². The van der Waals surface area contributed by atoms with Gasteiger partial charge in [-0.15, -0.1) is 0 Å². The fourth-order valence-electron chi connectivity index (χ4n) is 2.11. The molecule has 1 fully saturated rings. The summed E-state index contributed by atoms with van der Waals surface area (Å²) < 4.78 is 0. The van der Waals surface area contributed by atoms with Gasteiger partial charge in [0.2, 0.25) is 5.91 Å². The van der Waals surface area contributed by atoms with Crippen LogP contribution in [-0.2, 0) is 14.4 Å². The van der Waals surface area contributed by atoms with E-state index in [1.54, 1.807) is 6.92 Å². The van der Waals surface area contributed by atoms with Gasteiger partial charge in [-0.05, 0) is 12.3 Å². The Kier molecular flexibility index (Phi) is 4.66. The van der Waals surface area contributed by atoms with Crippen molar-refractivity contribution < 1.29 is 24.6 Å². The topological polar surface area (TPSA) is 121 Å². The van der Waals surface area contributed by atoms with Crippen molar-refractivity contribution in [3.05, 3.63) is 0 Å². The van der Waals surface area contributed by atoms with Crippen molar-refractivity contribution >= 4 is 17.8 Å². The van der Waals surface area contributed by atoms with E-state index in [0.29, 0.717) is 6.54 Å². The van der Waals surface area contributed by atoms with E-state index in [4.69, 9.17) is 15.9 Å². The minimum absolute atomic E-state index is 0.0663. The Bertz CT molecular complexity index is 357. The summed E-state index contributed by atoms with van der Waals surface area (Å²) in [6, 6.07) is -0.874. The summed E-state index contributed by atoms with van der Waals surface area (Å²) in [4.78, 5) is 34.6. The Hall–Kier alpha value is -1.63. The van der Waals surface area contributed by atoms with Crippen molar-refractivity contribution in [2.75, 3.05) is 13.1 Å². The third kappa shape index (κ3) is 3.43. The number of carboxylic acid groups (broad SMARTS) is 2. The first kappa shape index (κ1) is 14.4. The molecule has 0 spiro atoms. The number of amides is 1. The van der Waals surface area contributed by atoms with E-state index >= 15 is 0 Å². The smallest absolute Gasteiger partial charge is 0.308 e. The first-order valence-electron chi connectivity index (χ1n) is 5.82. The van der Waals surface area contributed by atoms with Crippen molar-refractivity contribution in [1.82, 2.24) is 4.90 Å². The maximum Gasteiger partial charge on any atom is 0.308 e. The van der Waals surface area contributed by atoms with Crippen LogP contribution in [0.5, 0.6) is 0 Å². The Morgan fingerprint density at radius 1 is 1.33 bits per heavy atom. The highest BCUT2D eigenvalue weighted by Gasteiger charge is 2.38. The first-order valence-corrected chi connectivity index (χ1v) is 5.82. The monoisotopic (exact) mass is 258 g/mol. The predicted octanol–water partition coefficient (Wildman–Crippen LogP) is -0.642. The molecule has 1 unspecified atom stereocenters. The zero-order chi connectivity index (χ0) is 13.9. The Balaban J connectivity index is 2.53. The van der Waals surface area contributed by atoms with Crippen LogP contribution in [0.4, 0.5) is 0 Å². The molecular weight excluding hydrogens is 240 g/mol. The number of carbonyl (C=O) groups excluding carboxylic acids is 1. The summed E-state index contributed by atoms with van der Waals surface area (Å²) >= 11 is 0. The highest BCUT2D eigenvalue weighted by molar-refractivity contribution is 5.83. The van der Waals surface area contributed by atoms with Gasteiger partial charge in [0.25, 0.3) is 0 Å². The fraction of sp³-hybridized carbons (Fsp3) is 0.727. The van der Waals surface area contributed by atoms with Crippen LogP contribution < -0.4 is 5.73 Å². The van der Waals surface area contributed by atoms with E-state index in [1.807, 2.05) is 0 Å². The summed E-state index contributed by atoms with van der Waals surface area (Å²) in [5, 5.41) is 17.5. The van der Waals surface area contributed by atoms with E-state index in [1.165, 1.54) is 4.90 Å². The van der Waals surface area contributed by atoms with Crippen LogP contribution >= 0.6 is 0 Å². The van der Waals surface area contributed by atoms with Crippen LogP contribution in [0.25, 0.3) is 0 Å². The molecule has 1 saturated heterocycles. The predicted molar refractivity (Wildman–Crippen MR) is 61.7 cm³/mol. The fourth-order valence-corrected chi connectivity index (χ4v) is 2.11. The first-order chi connectivity index (χ1) is 8.32. The second-order valence-corrected chi connectivity index (χ2v) is 4.70. The molecule has 18 heavy (non-hydrogen) atoms. The number of nitrogens with two attached hydrogens (primary N) is 1. The lowest BCUT2D eigenvalue weighted by Crippen LogP contribution is -2.43.